The molecule has 0 aliphatic heterocycles. The molecule has 0 saturated heterocycles. The van der Waals surface area contributed by atoms with Crippen LogP contribution in [0.5, 0.6) is 11.6 Å². The van der Waals surface area contributed by atoms with Crippen LogP contribution >= 0.6 is 8.15 Å². The van der Waals surface area contributed by atoms with Crippen LogP contribution in [0.2, 0.25) is 0 Å². The Balaban J connectivity index is 2.72. The predicted octanol–water partition coefficient (Wildman–Crippen LogP) is 2.13. The molecule has 0 spiro atoms. The molecule has 3 nitrogen and oxygen atoms in total. The van der Waals surface area contributed by atoms with Gasteiger partial charge in [-0.25, -0.2) is 4.98 Å². The normalized spacial score (nSPS) is 10.0. The van der Waals surface area contributed by atoms with Crippen LogP contribution in [0.1, 0.15) is 0 Å². The first kappa shape index (κ1) is 9.27. The number of pyridine rings is 1. The molecule has 0 fully saturated rings. The number of nitrogens with zero attached hydrogens (tertiary/aromatic N) is 1. The van der Waals surface area contributed by atoms with E-state index in [1.165, 1.54) is 0 Å². The number of hydrogen-bond acceptors (Lipinski definition) is 3. The van der Waals surface area contributed by atoms with Crippen molar-refractivity contribution in [1.82, 2.24) is 4.98 Å². The van der Waals surface area contributed by atoms with Crippen LogP contribution in [0, 0.1) is 0 Å². The third-order valence-electron chi connectivity index (χ3n) is 1.22. The number of aromatic nitrogens is 1. The molecule has 0 unspecified atom stereocenters. The second kappa shape index (κ2) is 4.27. The van der Waals surface area contributed by atoms with Crippen LogP contribution in [0.4, 0.5) is 0 Å². The smallest absolute Gasteiger partial charge is 0.219 e. The van der Waals surface area contributed by atoms with Gasteiger partial charge in [0.2, 0.25) is 5.88 Å². The van der Waals surface area contributed by atoms with E-state index in [0.717, 1.165) is 5.75 Å². The lowest BCUT2D eigenvalue weighted by molar-refractivity contribution is 0.411. The molecular weight excluding hydrogens is 173 g/mol. The topological polar surface area (TPSA) is 31.4 Å². The van der Waals surface area contributed by atoms with Crippen molar-refractivity contribution in [3.05, 3.63) is 18.3 Å². The fourth-order valence-corrected chi connectivity index (χ4v) is 1.23. The summed E-state index contributed by atoms with van der Waals surface area (Å²) in [5.41, 5.74) is 0. The maximum absolute atomic E-state index is 5.43. The Morgan fingerprint density at radius 1 is 1.42 bits per heavy atom. The predicted molar refractivity (Wildman–Crippen MR) is 50.2 cm³/mol. The van der Waals surface area contributed by atoms with Crippen molar-refractivity contribution < 1.29 is 9.26 Å². The second-order valence-corrected chi connectivity index (χ2v) is 4.24. The SMILES string of the molecule is COc1ccnc(OP(C)C)c1. The minimum atomic E-state index is -0.412. The van der Waals surface area contributed by atoms with Crippen LogP contribution in [0.15, 0.2) is 18.3 Å². The third kappa shape index (κ3) is 2.67. The highest BCUT2D eigenvalue weighted by Gasteiger charge is 1.99. The Labute approximate surface area is 73.6 Å². The fourth-order valence-electron chi connectivity index (χ4n) is 0.755. The van der Waals surface area contributed by atoms with E-state index in [2.05, 4.69) is 4.98 Å². The minimum absolute atomic E-state index is 0.412. The van der Waals surface area contributed by atoms with Crippen LogP contribution in [0.25, 0.3) is 0 Å². The average Bonchev–Trinajstić information content (AvgIpc) is 2.03. The molecular formula is C8H12NO2P. The van der Waals surface area contributed by atoms with Gasteiger partial charge >= 0.3 is 0 Å². The van der Waals surface area contributed by atoms with Crippen molar-refractivity contribution in [2.45, 2.75) is 0 Å². The van der Waals surface area contributed by atoms with Gasteiger partial charge in [-0.05, 0) is 19.4 Å². The summed E-state index contributed by atoms with van der Waals surface area (Å²) in [6.07, 6.45) is 1.67. The summed E-state index contributed by atoms with van der Waals surface area (Å²) in [4.78, 5) is 4.04. The highest BCUT2D eigenvalue weighted by atomic mass is 31.1. The summed E-state index contributed by atoms with van der Waals surface area (Å²) in [6.45, 7) is 4.05. The molecule has 0 aliphatic rings. The Morgan fingerprint density at radius 3 is 2.75 bits per heavy atom. The van der Waals surface area contributed by atoms with E-state index >= 15 is 0 Å². The Bertz CT molecular complexity index is 253. The molecule has 1 aromatic rings. The number of methoxy groups -OCH3 is 1. The van der Waals surface area contributed by atoms with E-state index in [0.29, 0.717) is 5.88 Å². The van der Waals surface area contributed by atoms with E-state index in [9.17, 15) is 0 Å². The first-order valence-corrected chi connectivity index (χ1v) is 5.73. The highest BCUT2D eigenvalue weighted by molar-refractivity contribution is 7.51. The van der Waals surface area contributed by atoms with E-state index in [4.69, 9.17) is 9.26 Å². The van der Waals surface area contributed by atoms with E-state index in [1.807, 2.05) is 13.3 Å². The van der Waals surface area contributed by atoms with Gasteiger partial charge in [-0.1, -0.05) is 0 Å². The van der Waals surface area contributed by atoms with Crippen molar-refractivity contribution in [2.24, 2.45) is 0 Å². The van der Waals surface area contributed by atoms with Crippen molar-refractivity contribution in [1.29, 1.82) is 0 Å². The van der Waals surface area contributed by atoms with Gasteiger partial charge in [0, 0.05) is 12.3 Å². The van der Waals surface area contributed by atoms with Gasteiger partial charge in [-0.15, -0.1) is 0 Å². The van der Waals surface area contributed by atoms with E-state index in [1.54, 1.807) is 25.4 Å². The summed E-state index contributed by atoms with van der Waals surface area (Å²) < 4.78 is 10.5. The maximum atomic E-state index is 5.43. The van der Waals surface area contributed by atoms with Gasteiger partial charge in [0.25, 0.3) is 0 Å². The van der Waals surface area contributed by atoms with Crippen molar-refractivity contribution in [3.63, 3.8) is 0 Å². The Hall–Kier alpha value is -0.820. The van der Waals surface area contributed by atoms with Gasteiger partial charge in [0.15, 0.2) is 0 Å². The molecule has 66 valence electrons. The monoisotopic (exact) mass is 185 g/mol. The highest BCUT2D eigenvalue weighted by Crippen LogP contribution is 2.29. The van der Waals surface area contributed by atoms with Crippen LogP contribution in [-0.2, 0) is 0 Å². The zero-order valence-corrected chi connectivity index (χ0v) is 8.34. The molecule has 1 heterocycles. The molecule has 12 heavy (non-hydrogen) atoms. The molecule has 0 atom stereocenters. The van der Waals surface area contributed by atoms with Gasteiger partial charge < -0.3 is 9.26 Å². The molecule has 4 heteroatoms. The Morgan fingerprint density at radius 2 is 2.17 bits per heavy atom. The van der Waals surface area contributed by atoms with Gasteiger partial charge in [0.05, 0.1) is 15.3 Å². The molecule has 0 amide bonds. The molecule has 0 aliphatic carbocycles. The van der Waals surface area contributed by atoms with Crippen LogP contribution < -0.4 is 9.26 Å². The molecule has 1 aromatic heterocycles. The molecule has 0 N–H and O–H groups in total. The number of hydrogen-bond donors (Lipinski definition) is 0. The maximum Gasteiger partial charge on any atom is 0.219 e. The summed E-state index contributed by atoms with van der Waals surface area (Å²) in [5.74, 6) is 1.40. The van der Waals surface area contributed by atoms with Crippen molar-refractivity contribution in [2.75, 3.05) is 20.4 Å². The first-order valence-electron chi connectivity index (χ1n) is 3.57. The van der Waals surface area contributed by atoms with Crippen molar-refractivity contribution >= 4 is 8.15 Å². The number of ether oxygens (including phenoxy) is 1. The van der Waals surface area contributed by atoms with Crippen LogP contribution in [-0.4, -0.2) is 25.4 Å². The quantitative estimate of drug-likeness (QED) is 0.676. The molecule has 0 radical (unpaired) electrons. The standard InChI is InChI=1S/C8H12NO2P/c1-10-7-4-5-9-8(6-7)11-12(2)3/h4-6H,1-3H3. The lowest BCUT2D eigenvalue weighted by atomic mass is 10.4. The average molecular weight is 185 g/mol. The summed E-state index contributed by atoms with van der Waals surface area (Å²) in [7, 11) is 1.21. The Kier molecular flexibility index (Phi) is 3.30. The lowest BCUT2D eigenvalue weighted by Crippen LogP contribution is -1.89. The van der Waals surface area contributed by atoms with Gasteiger partial charge in [0.1, 0.15) is 5.75 Å². The van der Waals surface area contributed by atoms with Gasteiger partial charge in [-0.3, -0.25) is 0 Å². The zero-order chi connectivity index (χ0) is 8.97. The fraction of sp³-hybridized carbons (Fsp3) is 0.375. The largest absolute Gasteiger partial charge is 0.497 e. The molecule has 0 aromatic carbocycles. The summed E-state index contributed by atoms with van der Waals surface area (Å²) in [6, 6.07) is 3.57. The summed E-state index contributed by atoms with van der Waals surface area (Å²) >= 11 is 0. The van der Waals surface area contributed by atoms with Crippen LogP contribution in [0.3, 0.4) is 0 Å². The molecule has 0 bridgehead atoms. The lowest BCUT2D eigenvalue weighted by Gasteiger charge is -2.08. The first-order chi connectivity index (χ1) is 5.72. The minimum Gasteiger partial charge on any atom is -0.497 e. The zero-order valence-electron chi connectivity index (χ0n) is 7.44. The number of rotatable bonds is 3. The third-order valence-corrected chi connectivity index (χ3v) is 1.77. The van der Waals surface area contributed by atoms with Gasteiger partial charge in [-0.2, -0.15) is 0 Å². The van der Waals surface area contributed by atoms with Crippen molar-refractivity contribution in [3.8, 4) is 11.6 Å². The van der Waals surface area contributed by atoms with E-state index < -0.39 is 8.15 Å². The second-order valence-electron chi connectivity index (χ2n) is 2.44. The molecule has 0 saturated carbocycles. The summed E-state index contributed by atoms with van der Waals surface area (Å²) in [5, 5.41) is 0. The molecule has 1 rings (SSSR count). The van der Waals surface area contributed by atoms with E-state index in [-0.39, 0.29) is 0 Å².